The lowest BCUT2D eigenvalue weighted by atomic mass is 9.96. The Labute approximate surface area is 141 Å². The monoisotopic (exact) mass is 343 g/mol. The van der Waals surface area contributed by atoms with E-state index >= 15 is 0 Å². The molecule has 0 unspecified atom stereocenters. The molecule has 2 aromatic heterocycles. The number of thiophene rings is 1. The van der Waals surface area contributed by atoms with Crippen LogP contribution in [0.15, 0.2) is 22.6 Å². The molecule has 0 atom stereocenters. The average molecular weight is 343 g/mol. The maximum absolute atomic E-state index is 12.0. The SMILES string of the molecule is N#Cc1c(NC(=O)C=Cc2ccc([N+](=O)[O-])o2)sc2c1CCCC2. The van der Waals surface area contributed by atoms with Crippen LogP contribution in [0, 0.1) is 21.4 Å². The highest BCUT2D eigenvalue weighted by Gasteiger charge is 2.21. The lowest BCUT2D eigenvalue weighted by Gasteiger charge is -2.09. The summed E-state index contributed by atoms with van der Waals surface area (Å²) in [6, 6.07) is 4.81. The molecule has 8 heteroatoms. The van der Waals surface area contributed by atoms with E-state index in [1.54, 1.807) is 0 Å². The van der Waals surface area contributed by atoms with Crippen LogP contribution in [0.4, 0.5) is 10.9 Å². The van der Waals surface area contributed by atoms with Gasteiger partial charge in [-0.05, 0) is 43.4 Å². The van der Waals surface area contributed by atoms with Gasteiger partial charge in [0.2, 0.25) is 5.91 Å². The van der Waals surface area contributed by atoms with Crippen molar-refractivity contribution in [2.75, 3.05) is 5.32 Å². The van der Waals surface area contributed by atoms with E-state index < -0.39 is 10.8 Å². The summed E-state index contributed by atoms with van der Waals surface area (Å²) >= 11 is 1.44. The number of nitrogens with one attached hydrogen (secondary N) is 1. The van der Waals surface area contributed by atoms with Crippen molar-refractivity contribution < 1.29 is 14.1 Å². The summed E-state index contributed by atoms with van der Waals surface area (Å²) in [5.41, 5.74) is 1.60. The molecule has 1 amide bonds. The molecule has 0 saturated carbocycles. The molecule has 0 bridgehead atoms. The van der Waals surface area contributed by atoms with Crippen LogP contribution in [-0.2, 0) is 17.6 Å². The first kappa shape index (κ1) is 16.0. The van der Waals surface area contributed by atoms with Crippen LogP contribution >= 0.6 is 11.3 Å². The van der Waals surface area contributed by atoms with E-state index in [-0.39, 0.29) is 11.6 Å². The minimum Gasteiger partial charge on any atom is -0.401 e. The topological polar surface area (TPSA) is 109 Å². The second kappa shape index (κ2) is 6.68. The summed E-state index contributed by atoms with van der Waals surface area (Å²) in [5.74, 6) is -0.584. The summed E-state index contributed by atoms with van der Waals surface area (Å²) in [5, 5.41) is 23.2. The summed E-state index contributed by atoms with van der Waals surface area (Å²) in [7, 11) is 0. The van der Waals surface area contributed by atoms with E-state index in [9.17, 15) is 20.2 Å². The van der Waals surface area contributed by atoms with E-state index in [1.165, 1.54) is 40.5 Å². The molecular formula is C16H13N3O4S. The second-order valence-electron chi connectivity index (χ2n) is 5.28. The van der Waals surface area contributed by atoms with Gasteiger partial charge >= 0.3 is 5.88 Å². The molecule has 24 heavy (non-hydrogen) atoms. The molecule has 0 saturated heterocycles. The highest BCUT2D eigenvalue weighted by molar-refractivity contribution is 7.16. The first-order valence-electron chi connectivity index (χ1n) is 7.36. The molecule has 0 aromatic carbocycles. The van der Waals surface area contributed by atoms with Crippen LogP contribution < -0.4 is 5.32 Å². The Balaban J connectivity index is 1.73. The first-order chi connectivity index (χ1) is 11.6. The maximum atomic E-state index is 12.0. The molecular weight excluding hydrogens is 330 g/mol. The van der Waals surface area contributed by atoms with Gasteiger partial charge in [0.25, 0.3) is 0 Å². The van der Waals surface area contributed by atoms with Crippen LogP contribution in [0.3, 0.4) is 0 Å². The van der Waals surface area contributed by atoms with Crippen LogP contribution in [0.1, 0.15) is 34.6 Å². The van der Waals surface area contributed by atoms with Gasteiger partial charge < -0.3 is 9.73 Å². The van der Waals surface area contributed by atoms with Crippen molar-refractivity contribution in [2.24, 2.45) is 0 Å². The Hall–Kier alpha value is -2.92. The molecule has 7 nitrogen and oxygen atoms in total. The summed E-state index contributed by atoms with van der Waals surface area (Å²) < 4.78 is 4.94. The molecule has 0 fully saturated rings. The molecule has 3 rings (SSSR count). The van der Waals surface area contributed by atoms with E-state index in [0.29, 0.717) is 10.6 Å². The Morgan fingerprint density at radius 3 is 2.92 bits per heavy atom. The van der Waals surface area contributed by atoms with Gasteiger partial charge in [-0.25, -0.2) is 0 Å². The second-order valence-corrected chi connectivity index (χ2v) is 6.39. The summed E-state index contributed by atoms with van der Waals surface area (Å²) in [6.07, 6.45) is 6.54. The molecule has 0 radical (unpaired) electrons. The zero-order valence-electron chi connectivity index (χ0n) is 12.6. The number of aryl methyl sites for hydroxylation is 1. The van der Waals surface area contributed by atoms with Gasteiger partial charge in [-0.1, -0.05) is 0 Å². The van der Waals surface area contributed by atoms with Crippen molar-refractivity contribution in [3.05, 3.63) is 50.1 Å². The van der Waals surface area contributed by atoms with Gasteiger partial charge in [0.15, 0.2) is 0 Å². The lowest BCUT2D eigenvalue weighted by molar-refractivity contribution is -0.402. The van der Waals surface area contributed by atoms with Gasteiger partial charge in [0, 0.05) is 11.0 Å². The number of carbonyl (C=O) groups excluding carboxylic acids is 1. The third-order valence-electron chi connectivity index (χ3n) is 3.71. The van der Waals surface area contributed by atoms with E-state index in [1.807, 2.05) is 0 Å². The number of nitriles is 1. The van der Waals surface area contributed by atoms with Gasteiger partial charge in [0.05, 0.1) is 11.6 Å². The van der Waals surface area contributed by atoms with E-state index in [0.717, 1.165) is 31.2 Å². The van der Waals surface area contributed by atoms with Gasteiger partial charge in [0.1, 0.15) is 21.8 Å². The van der Waals surface area contributed by atoms with Crippen LogP contribution in [0.2, 0.25) is 0 Å². The van der Waals surface area contributed by atoms with Gasteiger partial charge in [-0.3, -0.25) is 14.9 Å². The fourth-order valence-electron chi connectivity index (χ4n) is 2.61. The predicted molar refractivity (Wildman–Crippen MR) is 88.7 cm³/mol. The van der Waals surface area contributed by atoms with Crippen molar-refractivity contribution >= 4 is 34.2 Å². The van der Waals surface area contributed by atoms with Crippen LogP contribution in [0.25, 0.3) is 6.08 Å². The number of hydrogen-bond donors (Lipinski definition) is 1. The number of fused-ring (bicyclic) bond motifs is 1. The fraction of sp³-hybridized carbons (Fsp3) is 0.250. The number of anilines is 1. The standard InChI is InChI=1S/C16H13N3O4S/c17-9-12-11-3-1-2-4-13(11)24-16(12)18-14(20)7-5-10-6-8-15(23-10)19(21)22/h5-8H,1-4H2,(H,18,20). The molecule has 0 spiro atoms. The predicted octanol–water partition coefficient (Wildman–Crippen LogP) is 3.65. The summed E-state index contributed by atoms with van der Waals surface area (Å²) in [4.78, 5) is 23.1. The Kier molecular flexibility index (Phi) is 4.44. The highest BCUT2D eigenvalue weighted by Crippen LogP contribution is 2.37. The molecule has 1 aliphatic carbocycles. The zero-order chi connectivity index (χ0) is 17.1. The van der Waals surface area contributed by atoms with Crippen molar-refractivity contribution in [3.8, 4) is 6.07 Å². The van der Waals surface area contributed by atoms with Crippen molar-refractivity contribution in [2.45, 2.75) is 25.7 Å². The van der Waals surface area contributed by atoms with E-state index in [4.69, 9.17) is 4.42 Å². The molecule has 2 heterocycles. The number of nitro groups is 1. The molecule has 122 valence electrons. The third-order valence-corrected chi connectivity index (χ3v) is 4.92. The highest BCUT2D eigenvalue weighted by atomic mass is 32.1. The lowest BCUT2D eigenvalue weighted by Crippen LogP contribution is -2.07. The number of furan rings is 1. The van der Waals surface area contributed by atoms with Crippen molar-refractivity contribution in [3.63, 3.8) is 0 Å². The van der Waals surface area contributed by atoms with Gasteiger partial charge in [-0.2, -0.15) is 5.26 Å². The first-order valence-corrected chi connectivity index (χ1v) is 8.18. The normalized spacial score (nSPS) is 13.5. The summed E-state index contributed by atoms with van der Waals surface area (Å²) in [6.45, 7) is 0. The zero-order valence-corrected chi connectivity index (χ0v) is 13.4. The Morgan fingerprint density at radius 1 is 1.42 bits per heavy atom. The largest absolute Gasteiger partial charge is 0.433 e. The number of nitrogens with zero attached hydrogens (tertiary/aromatic N) is 2. The smallest absolute Gasteiger partial charge is 0.401 e. The molecule has 1 aliphatic rings. The minimum absolute atomic E-state index is 0.211. The number of amides is 1. The fourth-order valence-corrected chi connectivity index (χ4v) is 3.86. The minimum atomic E-state index is -0.646. The molecule has 0 aliphatic heterocycles. The van der Waals surface area contributed by atoms with E-state index in [2.05, 4.69) is 11.4 Å². The number of hydrogen-bond acceptors (Lipinski definition) is 6. The van der Waals surface area contributed by atoms with Crippen molar-refractivity contribution in [1.29, 1.82) is 5.26 Å². The molecule has 2 aromatic rings. The molecule has 1 N–H and O–H groups in total. The van der Waals surface area contributed by atoms with Crippen LogP contribution in [-0.4, -0.2) is 10.8 Å². The maximum Gasteiger partial charge on any atom is 0.433 e. The average Bonchev–Trinajstić information content (AvgIpc) is 3.17. The Morgan fingerprint density at radius 2 is 2.21 bits per heavy atom. The van der Waals surface area contributed by atoms with Gasteiger partial charge in [-0.15, -0.1) is 11.3 Å². The number of rotatable bonds is 4. The van der Waals surface area contributed by atoms with Crippen molar-refractivity contribution in [1.82, 2.24) is 0 Å². The third kappa shape index (κ3) is 3.21. The Bertz CT molecular complexity index is 873. The van der Waals surface area contributed by atoms with Crippen LogP contribution in [0.5, 0.6) is 0 Å². The quantitative estimate of drug-likeness (QED) is 0.517. The number of carbonyl (C=O) groups is 1.